The van der Waals surface area contributed by atoms with E-state index in [2.05, 4.69) is 17.2 Å². The fraction of sp³-hybridized carbons (Fsp3) is 0.571. The highest BCUT2D eigenvalue weighted by atomic mass is 35.5. The van der Waals surface area contributed by atoms with Crippen molar-refractivity contribution in [3.8, 4) is 0 Å². The van der Waals surface area contributed by atoms with Crippen molar-refractivity contribution >= 4 is 18.3 Å². The van der Waals surface area contributed by atoms with Gasteiger partial charge in [0.25, 0.3) is 5.91 Å². The molecule has 2 rings (SSSR count). The number of nitrogens with two attached hydrogens (primary N) is 1. The van der Waals surface area contributed by atoms with Gasteiger partial charge in [0.2, 0.25) is 0 Å². The van der Waals surface area contributed by atoms with Crippen LogP contribution in [0.5, 0.6) is 0 Å². The van der Waals surface area contributed by atoms with Crippen LogP contribution >= 0.6 is 12.4 Å². The van der Waals surface area contributed by atoms with Crippen LogP contribution in [0.25, 0.3) is 0 Å². The Morgan fingerprint density at radius 2 is 2.32 bits per heavy atom. The molecule has 1 aliphatic rings. The van der Waals surface area contributed by atoms with Crippen LogP contribution in [0, 0.1) is 5.92 Å². The lowest BCUT2D eigenvalue weighted by Crippen LogP contribution is -2.38. The molecular weight excluding hydrogens is 262 g/mol. The summed E-state index contributed by atoms with van der Waals surface area (Å²) >= 11 is 0. The van der Waals surface area contributed by atoms with Gasteiger partial charge >= 0.3 is 0 Å². The predicted molar refractivity (Wildman–Crippen MR) is 78.3 cm³/mol. The summed E-state index contributed by atoms with van der Waals surface area (Å²) in [5, 5.41) is 3.11. The number of carbonyl (C=O) groups excluding carboxylic acids is 1. The summed E-state index contributed by atoms with van der Waals surface area (Å²) in [4.78, 5) is 16.2. The molecule has 19 heavy (non-hydrogen) atoms. The van der Waals surface area contributed by atoms with Crippen LogP contribution in [0.2, 0.25) is 0 Å². The summed E-state index contributed by atoms with van der Waals surface area (Å²) < 4.78 is 0. The molecule has 1 aromatic heterocycles. The molecule has 0 aliphatic heterocycles. The molecule has 0 bridgehead atoms. The van der Waals surface area contributed by atoms with Crippen LogP contribution in [0.15, 0.2) is 18.3 Å². The monoisotopic (exact) mass is 283 g/mol. The number of halogens is 1. The first-order valence-corrected chi connectivity index (χ1v) is 6.65. The van der Waals surface area contributed by atoms with Gasteiger partial charge in [-0.15, -0.1) is 12.4 Å². The number of nitrogens with one attached hydrogen (secondary N) is 1. The van der Waals surface area contributed by atoms with Crippen molar-refractivity contribution in [3.05, 3.63) is 29.6 Å². The van der Waals surface area contributed by atoms with E-state index < -0.39 is 0 Å². The number of rotatable bonds is 3. The van der Waals surface area contributed by atoms with E-state index >= 15 is 0 Å². The average molecular weight is 284 g/mol. The Bertz CT molecular complexity index is 425. The second-order valence-electron chi connectivity index (χ2n) is 5.18. The molecule has 1 fully saturated rings. The topological polar surface area (TPSA) is 68.0 Å². The van der Waals surface area contributed by atoms with Crippen molar-refractivity contribution in [1.82, 2.24) is 10.3 Å². The van der Waals surface area contributed by atoms with Gasteiger partial charge in [0, 0.05) is 24.3 Å². The first-order valence-electron chi connectivity index (χ1n) is 6.65. The summed E-state index contributed by atoms with van der Waals surface area (Å²) in [6.07, 6.45) is 6.29. The van der Waals surface area contributed by atoms with E-state index in [1.807, 2.05) is 0 Å². The largest absolute Gasteiger partial charge is 0.349 e. The van der Waals surface area contributed by atoms with Gasteiger partial charge in [-0.3, -0.25) is 9.78 Å². The Morgan fingerprint density at radius 1 is 1.53 bits per heavy atom. The molecule has 1 saturated carbocycles. The fourth-order valence-electron chi connectivity index (χ4n) is 2.56. The highest BCUT2D eigenvalue weighted by Crippen LogP contribution is 2.23. The van der Waals surface area contributed by atoms with Crippen LogP contribution in [-0.2, 0) is 6.54 Å². The van der Waals surface area contributed by atoms with Gasteiger partial charge in [0.15, 0.2) is 0 Å². The zero-order valence-corrected chi connectivity index (χ0v) is 12.1. The summed E-state index contributed by atoms with van der Waals surface area (Å²) in [7, 11) is 0. The Balaban J connectivity index is 0.00000180. The molecular formula is C14H22ClN3O. The minimum absolute atomic E-state index is 0. The van der Waals surface area contributed by atoms with E-state index in [1.54, 1.807) is 18.3 Å². The molecule has 2 atom stereocenters. The van der Waals surface area contributed by atoms with Crippen molar-refractivity contribution in [3.63, 3.8) is 0 Å². The van der Waals surface area contributed by atoms with Gasteiger partial charge in [-0.1, -0.05) is 19.8 Å². The molecule has 0 radical (unpaired) electrons. The lowest BCUT2D eigenvalue weighted by atomic mass is 9.87. The highest BCUT2D eigenvalue weighted by molar-refractivity contribution is 5.94. The third-order valence-electron chi connectivity index (χ3n) is 3.56. The fourth-order valence-corrected chi connectivity index (χ4v) is 2.56. The van der Waals surface area contributed by atoms with Gasteiger partial charge in [-0.05, 0) is 30.9 Å². The zero-order valence-electron chi connectivity index (χ0n) is 11.3. The number of nitrogens with zero attached hydrogens (tertiary/aromatic N) is 1. The van der Waals surface area contributed by atoms with Crippen LogP contribution in [0.1, 0.15) is 48.7 Å². The van der Waals surface area contributed by atoms with Gasteiger partial charge in [0.05, 0.1) is 5.69 Å². The summed E-state index contributed by atoms with van der Waals surface area (Å²) in [5.74, 6) is 0.701. The molecule has 2 unspecified atom stereocenters. The Labute approximate surface area is 120 Å². The minimum atomic E-state index is -0.00815. The van der Waals surface area contributed by atoms with Gasteiger partial charge in [-0.25, -0.2) is 0 Å². The molecule has 1 amide bonds. The maximum atomic E-state index is 12.1. The van der Waals surface area contributed by atoms with Gasteiger partial charge in [0.1, 0.15) is 0 Å². The minimum Gasteiger partial charge on any atom is -0.349 e. The van der Waals surface area contributed by atoms with Crippen LogP contribution in [0.3, 0.4) is 0 Å². The summed E-state index contributed by atoms with van der Waals surface area (Å²) in [5.41, 5.74) is 6.93. The van der Waals surface area contributed by atoms with Crippen molar-refractivity contribution in [1.29, 1.82) is 0 Å². The number of pyridine rings is 1. The first-order chi connectivity index (χ1) is 8.69. The number of hydrogen-bond donors (Lipinski definition) is 2. The lowest BCUT2D eigenvalue weighted by Gasteiger charge is -2.27. The number of amides is 1. The molecule has 0 aromatic carbocycles. The standard InChI is InChI=1S/C14H21N3O.ClH/c1-10-3-2-4-12(7-10)17-14(18)11-5-6-16-13(8-11)9-15;/h5-6,8,10,12H,2-4,7,9,15H2,1H3,(H,17,18);1H. The molecule has 1 heterocycles. The third-order valence-corrected chi connectivity index (χ3v) is 3.56. The molecule has 0 saturated heterocycles. The zero-order chi connectivity index (χ0) is 13.0. The van der Waals surface area contributed by atoms with E-state index in [0.717, 1.165) is 18.5 Å². The number of aromatic nitrogens is 1. The maximum absolute atomic E-state index is 12.1. The predicted octanol–water partition coefficient (Wildman–Crippen LogP) is 2.27. The maximum Gasteiger partial charge on any atom is 0.251 e. The summed E-state index contributed by atoms with van der Waals surface area (Å²) in [6, 6.07) is 3.82. The van der Waals surface area contributed by atoms with E-state index in [4.69, 9.17) is 5.73 Å². The number of carbonyl (C=O) groups is 1. The smallest absolute Gasteiger partial charge is 0.251 e. The Kier molecular flexibility index (Phi) is 6.25. The quantitative estimate of drug-likeness (QED) is 0.894. The third kappa shape index (κ3) is 4.48. The van der Waals surface area contributed by atoms with Crippen LogP contribution < -0.4 is 11.1 Å². The van der Waals surface area contributed by atoms with Gasteiger partial charge < -0.3 is 11.1 Å². The Morgan fingerprint density at radius 3 is 3.00 bits per heavy atom. The molecule has 5 heteroatoms. The van der Waals surface area contributed by atoms with Crippen molar-refractivity contribution in [2.75, 3.05) is 0 Å². The summed E-state index contributed by atoms with van der Waals surface area (Å²) in [6.45, 7) is 2.61. The van der Waals surface area contributed by atoms with Crippen molar-refractivity contribution in [2.24, 2.45) is 11.7 Å². The van der Waals surface area contributed by atoms with E-state index in [9.17, 15) is 4.79 Å². The second kappa shape index (κ2) is 7.46. The van der Waals surface area contributed by atoms with E-state index in [1.165, 1.54) is 12.8 Å². The Hall–Kier alpha value is -1.13. The van der Waals surface area contributed by atoms with Crippen LogP contribution in [0.4, 0.5) is 0 Å². The lowest BCUT2D eigenvalue weighted by molar-refractivity contribution is 0.0921. The average Bonchev–Trinajstić information content (AvgIpc) is 2.39. The van der Waals surface area contributed by atoms with Gasteiger partial charge in [-0.2, -0.15) is 0 Å². The van der Waals surface area contributed by atoms with Crippen molar-refractivity contribution in [2.45, 2.75) is 45.2 Å². The highest BCUT2D eigenvalue weighted by Gasteiger charge is 2.20. The van der Waals surface area contributed by atoms with E-state index in [-0.39, 0.29) is 18.3 Å². The van der Waals surface area contributed by atoms with Crippen LogP contribution in [-0.4, -0.2) is 16.9 Å². The first kappa shape index (κ1) is 15.9. The van der Waals surface area contributed by atoms with Crippen molar-refractivity contribution < 1.29 is 4.79 Å². The normalized spacial score (nSPS) is 22.4. The molecule has 106 valence electrons. The molecule has 4 nitrogen and oxygen atoms in total. The molecule has 3 N–H and O–H groups in total. The molecule has 1 aromatic rings. The van der Waals surface area contributed by atoms with E-state index in [0.29, 0.717) is 24.1 Å². The second-order valence-corrected chi connectivity index (χ2v) is 5.18. The number of hydrogen-bond acceptors (Lipinski definition) is 3. The molecule has 1 aliphatic carbocycles. The molecule has 0 spiro atoms. The SMILES string of the molecule is CC1CCCC(NC(=O)c2ccnc(CN)c2)C1.Cl.